The van der Waals surface area contributed by atoms with Gasteiger partial charge in [0.05, 0.1) is 19.2 Å². The van der Waals surface area contributed by atoms with Crippen molar-refractivity contribution in [2.45, 2.75) is 88.6 Å². The number of methoxy groups -OCH3 is 1. The van der Waals surface area contributed by atoms with Crippen LogP contribution in [0.4, 0.5) is 4.39 Å². The van der Waals surface area contributed by atoms with Crippen LogP contribution in [0.5, 0.6) is 5.75 Å². The van der Waals surface area contributed by atoms with Gasteiger partial charge in [-0.1, -0.05) is 6.07 Å². The molecule has 2 aliphatic carbocycles. The predicted molar refractivity (Wildman–Crippen MR) is 157 cm³/mol. The molecule has 226 valence electrons. The number of hydrazine groups is 1. The Morgan fingerprint density at radius 1 is 1.14 bits per heavy atom. The molecule has 2 saturated heterocycles. The van der Waals surface area contributed by atoms with Crippen molar-refractivity contribution in [3.63, 3.8) is 0 Å². The van der Waals surface area contributed by atoms with Crippen molar-refractivity contribution in [1.29, 1.82) is 0 Å². The fourth-order valence-electron chi connectivity index (χ4n) is 7.28. The molecule has 4 aliphatic rings. The van der Waals surface area contributed by atoms with E-state index in [0.29, 0.717) is 48.7 Å². The molecule has 4 fully saturated rings. The number of carbonyl (C=O) groups is 2. The van der Waals surface area contributed by atoms with Crippen molar-refractivity contribution in [2.75, 3.05) is 20.7 Å². The van der Waals surface area contributed by atoms with Gasteiger partial charge in [0, 0.05) is 61.6 Å². The molecule has 3 heterocycles. The number of benzene rings is 1. The first-order valence-corrected chi connectivity index (χ1v) is 15.4. The molecule has 3 N–H and O–H groups in total. The Morgan fingerprint density at radius 3 is 2.74 bits per heavy atom. The van der Waals surface area contributed by atoms with Crippen molar-refractivity contribution < 1.29 is 18.7 Å². The lowest BCUT2D eigenvalue weighted by Gasteiger charge is -2.41. The van der Waals surface area contributed by atoms with Crippen LogP contribution in [0, 0.1) is 24.6 Å². The number of likely N-dealkylation sites (N-methyl/N-ethyl adjacent to an activating group) is 1. The van der Waals surface area contributed by atoms with Crippen LogP contribution in [0.15, 0.2) is 36.5 Å². The van der Waals surface area contributed by atoms with E-state index in [-0.39, 0.29) is 48.2 Å². The Labute approximate surface area is 247 Å². The zero-order chi connectivity index (χ0) is 29.4. The van der Waals surface area contributed by atoms with Gasteiger partial charge in [-0.05, 0) is 87.6 Å². The topological polar surface area (TPSA) is 98.8 Å². The molecule has 6 atom stereocenters. The fourth-order valence-corrected chi connectivity index (χ4v) is 7.28. The van der Waals surface area contributed by atoms with Gasteiger partial charge in [-0.3, -0.25) is 24.9 Å². The second kappa shape index (κ2) is 12.3. The van der Waals surface area contributed by atoms with E-state index in [2.05, 4.69) is 33.3 Å². The Bertz CT molecular complexity index is 1300. The van der Waals surface area contributed by atoms with Crippen LogP contribution >= 0.6 is 0 Å². The van der Waals surface area contributed by atoms with Gasteiger partial charge < -0.3 is 15.0 Å². The molecule has 1 aromatic carbocycles. The maximum absolute atomic E-state index is 15.0. The monoisotopic (exact) mass is 578 g/mol. The summed E-state index contributed by atoms with van der Waals surface area (Å²) < 4.78 is 20.4. The molecule has 42 heavy (non-hydrogen) atoms. The summed E-state index contributed by atoms with van der Waals surface area (Å²) in [5.41, 5.74) is 9.55. The number of fused-ring (bicyclic) bond motifs is 1. The summed E-state index contributed by atoms with van der Waals surface area (Å²) in [5.74, 6) is 0.522. The lowest BCUT2D eigenvalue weighted by Crippen LogP contribution is -2.57. The zero-order valence-corrected chi connectivity index (χ0v) is 24.8. The molecule has 2 aromatic rings. The van der Waals surface area contributed by atoms with Crippen LogP contribution in [-0.4, -0.2) is 71.5 Å². The molecule has 10 heteroatoms. The number of hydrogen-bond donors (Lipinski definition) is 3. The smallest absolute Gasteiger partial charge is 0.239 e. The summed E-state index contributed by atoms with van der Waals surface area (Å²) in [5, 5.41) is 3.33. The molecular weight excluding hydrogens is 535 g/mol. The SMILES string of the molecule is COc1cccc(F)c1CN1C[C@H](NC(=O)C2CCC3NNC(c4ccnc(C)c4)C3C2)CC[C@H]1C(=O)N(C)C1CC1. The first-order valence-electron chi connectivity index (χ1n) is 15.4. The number of hydrogen-bond acceptors (Lipinski definition) is 7. The number of nitrogens with one attached hydrogen (secondary N) is 3. The van der Waals surface area contributed by atoms with Gasteiger partial charge >= 0.3 is 0 Å². The molecule has 0 bridgehead atoms. The largest absolute Gasteiger partial charge is 0.496 e. The molecule has 1 aromatic heterocycles. The number of ether oxygens (including phenoxy) is 1. The lowest BCUT2D eigenvalue weighted by molar-refractivity contribution is -0.138. The normalized spacial score (nSPS) is 29.5. The van der Waals surface area contributed by atoms with E-state index in [9.17, 15) is 14.0 Å². The molecule has 0 radical (unpaired) electrons. The minimum absolute atomic E-state index is 0.0705. The van der Waals surface area contributed by atoms with Crippen molar-refractivity contribution in [1.82, 2.24) is 31.0 Å². The Hall–Kier alpha value is -3.08. The third kappa shape index (κ3) is 6.02. The highest BCUT2D eigenvalue weighted by Gasteiger charge is 2.44. The molecule has 6 rings (SSSR count). The zero-order valence-electron chi connectivity index (χ0n) is 24.8. The Kier molecular flexibility index (Phi) is 8.47. The van der Waals surface area contributed by atoms with Gasteiger partial charge in [0.15, 0.2) is 0 Å². The average Bonchev–Trinajstić information content (AvgIpc) is 3.76. The van der Waals surface area contributed by atoms with Crippen LogP contribution in [0.25, 0.3) is 0 Å². The third-order valence-corrected chi connectivity index (χ3v) is 9.82. The van der Waals surface area contributed by atoms with E-state index in [1.54, 1.807) is 12.1 Å². The lowest BCUT2D eigenvalue weighted by atomic mass is 9.74. The number of rotatable bonds is 8. The van der Waals surface area contributed by atoms with E-state index in [0.717, 1.165) is 37.8 Å². The number of amides is 2. The molecule has 2 amide bonds. The fraction of sp³-hybridized carbons (Fsp3) is 0.594. The second-order valence-corrected chi connectivity index (χ2v) is 12.6. The summed E-state index contributed by atoms with van der Waals surface area (Å²) in [6.45, 7) is 2.73. The van der Waals surface area contributed by atoms with Crippen molar-refractivity contribution in [2.24, 2.45) is 11.8 Å². The number of likely N-dealkylation sites (tertiary alicyclic amines) is 1. The van der Waals surface area contributed by atoms with Gasteiger partial charge in [-0.25, -0.2) is 9.82 Å². The predicted octanol–water partition coefficient (Wildman–Crippen LogP) is 3.24. The summed E-state index contributed by atoms with van der Waals surface area (Å²) >= 11 is 0. The van der Waals surface area contributed by atoms with E-state index >= 15 is 0 Å². The molecule has 2 saturated carbocycles. The van der Waals surface area contributed by atoms with Crippen molar-refractivity contribution in [3.8, 4) is 5.75 Å². The summed E-state index contributed by atoms with van der Waals surface area (Å²) in [6, 6.07) is 9.29. The van der Waals surface area contributed by atoms with Crippen LogP contribution < -0.4 is 20.9 Å². The molecular formula is C32H43FN6O3. The molecule has 9 nitrogen and oxygen atoms in total. The summed E-state index contributed by atoms with van der Waals surface area (Å²) in [6.07, 6.45) is 7.81. The third-order valence-electron chi connectivity index (χ3n) is 9.82. The number of nitrogens with zero attached hydrogens (tertiary/aromatic N) is 3. The number of aryl methyl sites for hydroxylation is 1. The maximum Gasteiger partial charge on any atom is 0.239 e. The van der Waals surface area contributed by atoms with E-state index in [1.807, 2.05) is 30.0 Å². The standard InChI is InChI=1S/C32H43FN6O3/c1-19-15-20(13-14-34-19)30-24-16-21(7-11-27(24)36-37-30)31(40)35-22-8-12-28(32(41)38(2)23-9-10-23)39(17-22)18-25-26(33)5-4-6-29(25)42-3/h4-6,13-15,21-24,27-28,30,36-37H,7-12,16-18H2,1-3H3,(H,35,40)/t21?,22-,24?,27?,28+,30?/m1/s1. The highest BCUT2D eigenvalue weighted by atomic mass is 19.1. The average molecular weight is 579 g/mol. The van der Waals surface area contributed by atoms with E-state index < -0.39 is 0 Å². The van der Waals surface area contributed by atoms with Crippen LogP contribution in [0.1, 0.15) is 67.8 Å². The Balaban J connectivity index is 1.14. The second-order valence-electron chi connectivity index (χ2n) is 12.6. The van der Waals surface area contributed by atoms with Gasteiger partial charge in [0.1, 0.15) is 11.6 Å². The number of pyridine rings is 1. The van der Waals surface area contributed by atoms with E-state index in [1.165, 1.54) is 18.7 Å². The summed E-state index contributed by atoms with van der Waals surface area (Å²) in [7, 11) is 3.41. The minimum Gasteiger partial charge on any atom is -0.496 e. The van der Waals surface area contributed by atoms with Gasteiger partial charge in [-0.2, -0.15) is 0 Å². The molecule has 0 spiro atoms. The number of piperidine rings is 1. The highest BCUT2D eigenvalue weighted by Crippen LogP contribution is 2.40. The van der Waals surface area contributed by atoms with Gasteiger partial charge in [0.25, 0.3) is 0 Å². The van der Waals surface area contributed by atoms with Crippen LogP contribution in [0.3, 0.4) is 0 Å². The molecule has 2 aliphatic heterocycles. The maximum atomic E-state index is 15.0. The van der Waals surface area contributed by atoms with Crippen molar-refractivity contribution >= 4 is 11.8 Å². The van der Waals surface area contributed by atoms with Gasteiger partial charge in [0.2, 0.25) is 11.8 Å². The summed E-state index contributed by atoms with van der Waals surface area (Å²) in [4.78, 5) is 35.4. The quantitative estimate of drug-likeness (QED) is 0.443. The molecule has 4 unspecified atom stereocenters. The number of aromatic nitrogens is 1. The van der Waals surface area contributed by atoms with Crippen LogP contribution in [0.2, 0.25) is 0 Å². The van der Waals surface area contributed by atoms with Crippen molar-refractivity contribution in [3.05, 3.63) is 59.2 Å². The Morgan fingerprint density at radius 2 is 1.98 bits per heavy atom. The highest BCUT2D eigenvalue weighted by molar-refractivity contribution is 5.82. The van der Waals surface area contributed by atoms with Gasteiger partial charge in [-0.15, -0.1) is 0 Å². The first kappa shape index (κ1) is 29.0. The van der Waals surface area contributed by atoms with Crippen LogP contribution in [-0.2, 0) is 16.1 Å². The van der Waals surface area contributed by atoms with E-state index in [4.69, 9.17) is 4.74 Å². The number of halogens is 1. The first-order chi connectivity index (χ1) is 20.3. The minimum atomic E-state index is -0.358. The number of carbonyl (C=O) groups excluding carboxylic acids is 2.